The van der Waals surface area contributed by atoms with Crippen molar-refractivity contribution in [3.8, 4) is 0 Å². The summed E-state index contributed by atoms with van der Waals surface area (Å²) < 4.78 is 0. The highest BCUT2D eigenvalue weighted by Crippen LogP contribution is 2.39. The van der Waals surface area contributed by atoms with Crippen LogP contribution in [0.3, 0.4) is 0 Å². The zero-order chi connectivity index (χ0) is 17.6. The Kier molecular flexibility index (Phi) is 4.08. The molecule has 2 bridgehead atoms. The largest absolute Gasteiger partial charge is 0.633 e. The van der Waals surface area contributed by atoms with Crippen molar-refractivity contribution >= 4 is 11.6 Å². The number of amides is 1. The Hall–Kier alpha value is -1.85. The van der Waals surface area contributed by atoms with E-state index < -0.39 is 11.4 Å². The fourth-order valence-electron chi connectivity index (χ4n) is 4.71. The summed E-state index contributed by atoms with van der Waals surface area (Å²) in [6.07, 6.45) is 7.12. The van der Waals surface area contributed by atoms with Crippen LogP contribution in [0.25, 0.3) is 5.70 Å². The highest BCUT2D eigenvalue weighted by atomic mass is 16.5. The maximum Gasteiger partial charge on any atom is 0.283 e. The normalized spacial score (nSPS) is 34.7. The van der Waals surface area contributed by atoms with Crippen LogP contribution in [0.1, 0.15) is 43.7 Å². The first-order valence-corrected chi connectivity index (χ1v) is 9.24. The van der Waals surface area contributed by atoms with Gasteiger partial charge in [-0.1, -0.05) is 24.3 Å². The van der Waals surface area contributed by atoms with Crippen LogP contribution in [0.15, 0.2) is 30.3 Å². The van der Waals surface area contributed by atoms with E-state index in [1.807, 2.05) is 30.3 Å². The van der Waals surface area contributed by atoms with E-state index in [2.05, 4.69) is 4.90 Å². The van der Waals surface area contributed by atoms with Gasteiger partial charge in [-0.15, -0.1) is 0 Å². The van der Waals surface area contributed by atoms with Gasteiger partial charge in [-0.3, -0.25) is 4.79 Å². The highest BCUT2D eigenvalue weighted by Gasteiger charge is 2.44. The molecule has 3 aliphatic heterocycles. The van der Waals surface area contributed by atoms with Crippen molar-refractivity contribution in [2.24, 2.45) is 17.6 Å². The molecule has 1 amide bonds. The zero-order valence-corrected chi connectivity index (χ0v) is 14.7. The van der Waals surface area contributed by atoms with Crippen LogP contribution in [-0.4, -0.2) is 23.9 Å². The van der Waals surface area contributed by atoms with Crippen molar-refractivity contribution in [1.29, 1.82) is 0 Å². The molecule has 4 aliphatic rings. The van der Waals surface area contributed by atoms with Gasteiger partial charge in [0.25, 0.3) is 5.91 Å². The monoisotopic (exact) mass is 340 g/mol. The standard InChI is InChI=1S/C20H26N3O2/c1-20(19(21)24)17-5-3-2-4-16(17)18(10-11-23(20)25)22-12-14-6-7-15(13-22)9-8-14/h2-5,10-11,14-15,23H,6-9,12-13H2,1H3,(H2,21,24). The summed E-state index contributed by atoms with van der Waals surface area (Å²) in [7, 11) is 0. The van der Waals surface area contributed by atoms with Gasteiger partial charge in [-0.2, -0.15) is 0 Å². The number of hydroxylamine groups is 2. The SMILES string of the molecule is CC1(C(N)=O)c2ccccc2C(N2CC3CCC(CC3)C2)=C[CH][NH+]1[O-]. The van der Waals surface area contributed by atoms with Crippen LogP contribution < -0.4 is 10.8 Å². The van der Waals surface area contributed by atoms with Crippen LogP contribution >= 0.6 is 0 Å². The number of benzene rings is 1. The van der Waals surface area contributed by atoms with Crippen molar-refractivity contribution < 1.29 is 9.86 Å². The minimum Gasteiger partial charge on any atom is -0.633 e. The summed E-state index contributed by atoms with van der Waals surface area (Å²) in [6.45, 7) is 5.26. The van der Waals surface area contributed by atoms with E-state index in [0.717, 1.165) is 41.7 Å². The lowest BCUT2D eigenvalue weighted by molar-refractivity contribution is -0.864. The van der Waals surface area contributed by atoms with Crippen LogP contribution in [0, 0.1) is 23.6 Å². The van der Waals surface area contributed by atoms with E-state index in [-0.39, 0.29) is 5.06 Å². The first kappa shape index (κ1) is 16.6. The van der Waals surface area contributed by atoms with E-state index in [4.69, 9.17) is 5.73 Å². The number of carbonyl (C=O) groups excluding carboxylic acids is 1. The van der Waals surface area contributed by atoms with Gasteiger partial charge >= 0.3 is 0 Å². The predicted molar refractivity (Wildman–Crippen MR) is 96.6 cm³/mol. The van der Waals surface area contributed by atoms with E-state index in [0.29, 0.717) is 0 Å². The Morgan fingerprint density at radius 2 is 1.80 bits per heavy atom. The molecule has 1 aliphatic carbocycles. The van der Waals surface area contributed by atoms with Gasteiger partial charge in [0, 0.05) is 42.9 Å². The molecule has 5 heteroatoms. The summed E-state index contributed by atoms with van der Waals surface area (Å²) in [6, 6.07) is 7.73. The van der Waals surface area contributed by atoms with E-state index in [9.17, 15) is 10.0 Å². The van der Waals surface area contributed by atoms with Gasteiger partial charge in [-0.25, -0.2) is 0 Å². The molecule has 1 radical (unpaired) electrons. The number of hydrogen-bond donors (Lipinski definition) is 2. The molecule has 0 aromatic heterocycles. The first-order chi connectivity index (χ1) is 12.0. The van der Waals surface area contributed by atoms with E-state index >= 15 is 0 Å². The molecular formula is C20H26N3O2. The number of hydrogen-bond acceptors (Lipinski definition) is 3. The van der Waals surface area contributed by atoms with Crippen LogP contribution in [0.2, 0.25) is 0 Å². The minimum atomic E-state index is -1.31. The number of primary amides is 1. The smallest absolute Gasteiger partial charge is 0.283 e. The number of carbonyl (C=O) groups is 1. The molecule has 3 heterocycles. The van der Waals surface area contributed by atoms with Crippen molar-refractivity contribution in [3.63, 3.8) is 0 Å². The Morgan fingerprint density at radius 3 is 2.40 bits per heavy atom. The van der Waals surface area contributed by atoms with Crippen LogP contribution in [0.4, 0.5) is 0 Å². The van der Waals surface area contributed by atoms with Crippen molar-refractivity contribution in [2.45, 2.75) is 38.1 Å². The molecule has 2 atom stereocenters. The number of quaternary nitrogens is 1. The van der Waals surface area contributed by atoms with E-state index in [1.165, 1.54) is 25.7 Å². The first-order valence-electron chi connectivity index (χ1n) is 9.24. The Balaban J connectivity index is 1.79. The van der Waals surface area contributed by atoms with Crippen LogP contribution in [-0.2, 0) is 10.3 Å². The molecular weight excluding hydrogens is 314 g/mol. The molecule has 3 fully saturated rings. The molecule has 1 aromatic rings. The third-order valence-corrected chi connectivity index (χ3v) is 6.38. The summed E-state index contributed by atoms with van der Waals surface area (Å²) in [4.78, 5) is 14.6. The van der Waals surface area contributed by atoms with Gasteiger partial charge in [0.2, 0.25) is 5.54 Å². The molecule has 5 nitrogen and oxygen atoms in total. The lowest BCUT2D eigenvalue weighted by atomic mass is 9.84. The summed E-state index contributed by atoms with van der Waals surface area (Å²) in [5.41, 5.74) is 7.11. The molecule has 3 N–H and O–H groups in total. The Bertz CT molecular complexity index is 695. The fourth-order valence-corrected chi connectivity index (χ4v) is 4.71. The molecule has 133 valence electrons. The number of nitrogens with two attached hydrogens (primary N) is 1. The predicted octanol–water partition coefficient (Wildman–Crippen LogP) is 1.41. The molecule has 2 saturated heterocycles. The number of nitrogens with zero attached hydrogens (tertiary/aromatic N) is 1. The van der Waals surface area contributed by atoms with Crippen molar-refractivity contribution in [3.05, 3.63) is 53.2 Å². The van der Waals surface area contributed by atoms with Gasteiger partial charge in [0.05, 0.1) is 0 Å². The third-order valence-electron chi connectivity index (χ3n) is 6.38. The molecule has 2 unspecified atom stereocenters. The maximum absolute atomic E-state index is 12.8. The van der Waals surface area contributed by atoms with Gasteiger partial charge < -0.3 is 20.9 Å². The topological polar surface area (TPSA) is 73.8 Å². The second-order valence-corrected chi connectivity index (χ2v) is 7.91. The zero-order valence-electron chi connectivity index (χ0n) is 14.7. The number of nitrogens with one attached hydrogen (secondary N) is 1. The summed E-state index contributed by atoms with van der Waals surface area (Å²) in [5, 5.41) is 12.5. The average Bonchev–Trinajstić information content (AvgIpc) is 2.98. The summed E-state index contributed by atoms with van der Waals surface area (Å²) >= 11 is 0. The Morgan fingerprint density at radius 1 is 1.20 bits per heavy atom. The average molecular weight is 340 g/mol. The lowest BCUT2D eigenvalue weighted by Gasteiger charge is -2.37. The second-order valence-electron chi connectivity index (χ2n) is 7.91. The van der Waals surface area contributed by atoms with Crippen molar-refractivity contribution in [2.75, 3.05) is 13.1 Å². The minimum absolute atomic E-state index is 0.236. The quantitative estimate of drug-likeness (QED) is 0.800. The van der Waals surface area contributed by atoms with Crippen molar-refractivity contribution in [1.82, 2.24) is 4.90 Å². The van der Waals surface area contributed by atoms with Gasteiger partial charge in [0.1, 0.15) is 0 Å². The number of rotatable bonds is 2. The summed E-state index contributed by atoms with van der Waals surface area (Å²) in [5.74, 6) is 0.869. The number of fused-ring (bicyclic) bond motifs is 5. The van der Waals surface area contributed by atoms with Crippen LogP contribution in [0.5, 0.6) is 0 Å². The Labute approximate surface area is 149 Å². The molecule has 25 heavy (non-hydrogen) atoms. The van der Waals surface area contributed by atoms with E-state index in [1.54, 1.807) is 13.5 Å². The lowest BCUT2D eigenvalue weighted by Crippen LogP contribution is -3.13. The molecule has 1 aromatic carbocycles. The highest BCUT2D eigenvalue weighted by molar-refractivity contribution is 5.87. The second kappa shape index (κ2) is 6.15. The molecule has 1 saturated carbocycles. The maximum atomic E-state index is 12.8. The third kappa shape index (κ3) is 2.66. The van der Waals surface area contributed by atoms with Gasteiger partial charge in [0.15, 0.2) is 6.54 Å². The fraction of sp³-hybridized carbons (Fsp3) is 0.500. The van der Waals surface area contributed by atoms with Gasteiger partial charge in [-0.05, 0) is 37.5 Å². The molecule has 0 spiro atoms. The molecule has 5 rings (SSSR count).